The van der Waals surface area contributed by atoms with Crippen molar-refractivity contribution in [2.75, 3.05) is 5.73 Å². The molecule has 0 saturated heterocycles. The van der Waals surface area contributed by atoms with E-state index in [1.54, 1.807) is 0 Å². The molecule has 0 amide bonds. The summed E-state index contributed by atoms with van der Waals surface area (Å²) in [5.41, 5.74) is 7.06. The highest BCUT2D eigenvalue weighted by atomic mass is 15.0. The molecule has 96 valence electrons. The average molecular weight is 252 g/mol. The number of rotatable bonds is 3. The number of nitrogen functional groups attached to an aromatic ring is 1. The van der Waals surface area contributed by atoms with Crippen LogP contribution in [0.3, 0.4) is 0 Å². The van der Waals surface area contributed by atoms with Crippen molar-refractivity contribution in [3.8, 4) is 6.07 Å². The minimum atomic E-state index is -0.233. The van der Waals surface area contributed by atoms with Crippen LogP contribution in [0.4, 0.5) is 5.82 Å². The van der Waals surface area contributed by atoms with Gasteiger partial charge in [0.1, 0.15) is 23.3 Å². The lowest BCUT2D eigenvalue weighted by molar-refractivity contribution is 0.487. The topological polar surface area (TPSA) is 75.6 Å². The first-order valence-corrected chi connectivity index (χ1v) is 6.10. The molecule has 1 aromatic carbocycles. The van der Waals surface area contributed by atoms with Gasteiger partial charge in [0, 0.05) is 5.41 Å². The third-order valence-electron chi connectivity index (χ3n) is 3.03. The molecular formula is C15H16N4. The minimum absolute atomic E-state index is 0.233. The van der Waals surface area contributed by atoms with Gasteiger partial charge in [-0.05, 0) is 12.0 Å². The molecule has 0 fully saturated rings. The van der Waals surface area contributed by atoms with Crippen LogP contribution in [-0.2, 0) is 11.8 Å². The van der Waals surface area contributed by atoms with E-state index in [4.69, 9.17) is 11.0 Å². The van der Waals surface area contributed by atoms with Crippen molar-refractivity contribution in [3.63, 3.8) is 0 Å². The van der Waals surface area contributed by atoms with Gasteiger partial charge < -0.3 is 5.73 Å². The molecule has 0 aliphatic heterocycles. The second-order valence-electron chi connectivity index (χ2n) is 5.15. The normalized spacial score (nSPS) is 11.0. The number of nitrogens with zero attached hydrogens (tertiary/aromatic N) is 3. The van der Waals surface area contributed by atoms with Gasteiger partial charge in [-0.25, -0.2) is 9.97 Å². The van der Waals surface area contributed by atoms with Crippen LogP contribution < -0.4 is 5.73 Å². The van der Waals surface area contributed by atoms with Crippen molar-refractivity contribution in [2.24, 2.45) is 0 Å². The van der Waals surface area contributed by atoms with Gasteiger partial charge in [0.05, 0.1) is 6.20 Å². The Morgan fingerprint density at radius 3 is 2.53 bits per heavy atom. The van der Waals surface area contributed by atoms with Gasteiger partial charge in [0.15, 0.2) is 0 Å². The van der Waals surface area contributed by atoms with Crippen LogP contribution in [0.15, 0.2) is 36.5 Å². The quantitative estimate of drug-likeness (QED) is 0.910. The second kappa shape index (κ2) is 5.07. The Balaban J connectivity index is 2.29. The molecular weight excluding hydrogens is 236 g/mol. The van der Waals surface area contributed by atoms with Crippen molar-refractivity contribution < 1.29 is 0 Å². The van der Waals surface area contributed by atoms with E-state index < -0.39 is 0 Å². The largest absolute Gasteiger partial charge is 0.382 e. The fourth-order valence-electron chi connectivity index (χ4n) is 1.99. The molecule has 4 nitrogen and oxygen atoms in total. The van der Waals surface area contributed by atoms with E-state index in [1.165, 1.54) is 11.8 Å². The smallest absolute Gasteiger partial charge is 0.145 e. The summed E-state index contributed by atoms with van der Waals surface area (Å²) in [6.45, 7) is 4.14. The SMILES string of the molecule is CC(C)(Cc1ccccc1)c1ncc(C#N)c(N)n1. The van der Waals surface area contributed by atoms with Gasteiger partial charge >= 0.3 is 0 Å². The molecule has 0 saturated carbocycles. The van der Waals surface area contributed by atoms with E-state index in [0.717, 1.165) is 6.42 Å². The number of nitrogens with two attached hydrogens (primary N) is 1. The first-order chi connectivity index (χ1) is 9.03. The monoisotopic (exact) mass is 252 g/mol. The van der Waals surface area contributed by atoms with Crippen LogP contribution in [0.2, 0.25) is 0 Å². The lowest BCUT2D eigenvalue weighted by Gasteiger charge is -2.23. The molecule has 4 heteroatoms. The van der Waals surface area contributed by atoms with Crippen LogP contribution in [-0.4, -0.2) is 9.97 Å². The molecule has 1 aromatic heterocycles. The molecule has 0 spiro atoms. The van der Waals surface area contributed by atoms with Gasteiger partial charge in [0.25, 0.3) is 0 Å². The van der Waals surface area contributed by atoms with E-state index in [1.807, 2.05) is 24.3 Å². The minimum Gasteiger partial charge on any atom is -0.382 e. The molecule has 2 rings (SSSR count). The molecule has 19 heavy (non-hydrogen) atoms. The third kappa shape index (κ3) is 2.89. The Morgan fingerprint density at radius 2 is 1.95 bits per heavy atom. The van der Waals surface area contributed by atoms with Crippen LogP contribution in [0.25, 0.3) is 0 Å². The van der Waals surface area contributed by atoms with E-state index in [9.17, 15) is 0 Å². The summed E-state index contributed by atoms with van der Waals surface area (Å²) in [4.78, 5) is 8.52. The van der Waals surface area contributed by atoms with Gasteiger partial charge in [-0.15, -0.1) is 0 Å². The number of anilines is 1. The van der Waals surface area contributed by atoms with Gasteiger partial charge in [-0.1, -0.05) is 44.2 Å². The molecule has 1 heterocycles. The third-order valence-corrected chi connectivity index (χ3v) is 3.03. The number of hydrogen-bond donors (Lipinski definition) is 1. The summed E-state index contributed by atoms with van der Waals surface area (Å²) in [6.07, 6.45) is 2.31. The zero-order valence-corrected chi connectivity index (χ0v) is 11.1. The van der Waals surface area contributed by atoms with Crippen LogP contribution in [0.1, 0.15) is 30.8 Å². The summed E-state index contributed by atoms with van der Waals surface area (Å²) < 4.78 is 0. The van der Waals surface area contributed by atoms with Crippen molar-refractivity contribution in [1.29, 1.82) is 5.26 Å². The lowest BCUT2D eigenvalue weighted by atomic mass is 9.85. The number of benzene rings is 1. The summed E-state index contributed by atoms with van der Waals surface area (Å²) >= 11 is 0. The van der Waals surface area contributed by atoms with E-state index in [0.29, 0.717) is 11.4 Å². The Hall–Kier alpha value is -2.41. The van der Waals surface area contributed by atoms with Gasteiger partial charge in [-0.2, -0.15) is 5.26 Å². The molecule has 0 aliphatic carbocycles. The zero-order chi connectivity index (χ0) is 13.9. The first kappa shape index (κ1) is 13.0. The summed E-state index contributed by atoms with van der Waals surface area (Å²) in [7, 11) is 0. The highest BCUT2D eigenvalue weighted by Crippen LogP contribution is 2.25. The van der Waals surface area contributed by atoms with Crippen molar-refractivity contribution in [3.05, 3.63) is 53.5 Å². The van der Waals surface area contributed by atoms with Crippen LogP contribution in [0.5, 0.6) is 0 Å². The van der Waals surface area contributed by atoms with Crippen LogP contribution >= 0.6 is 0 Å². The van der Waals surface area contributed by atoms with Gasteiger partial charge in [-0.3, -0.25) is 0 Å². The molecule has 0 aliphatic rings. The number of hydrogen-bond acceptors (Lipinski definition) is 4. The summed E-state index contributed by atoms with van der Waals surface area (Å²) in [6, 6.07) is 12.1. The molecule has 2 aromatic rings. The van der Waals surface area contributed by atoms with E-state index >= 15 is 0 Å². The number of nitriles is 1. The summed E-state index contributed by atoms with van der Waals surface area (Å²) in [5.74, 6) is 0.904. The average Bonchev–Trinajstić information content (AvgIpc) is 2.39. The number of aromatic nitrogens is 2. The predicted octanol–water partition coefficient (Wildman–Crippen LogP) is 2.45. The highest BCUT2D eigenvalue weighted by molar-refractivity contribution is 5.46. The Labute approximate surface area is 112 Å². The molecule has 2 N–H and O–H groups in total. The lowest BCUT2D eigenvalue weighted by Crippen LogP contribution is -2.24. The van der Waals surface area contributed by atoms with Crippen LogP contribution in [0, 0.1) is 11.3 Å². The fourth-order valence-corrected chi connectivity index (χ4v) is 1.99. The van der Waals surface area contributed by atoms with Crippen molar-refractivity contribution in [1.82, 2.24) is 9.97 Å². The first-order valence-electron chi connectivity index (χ1n) is 6.10. The Morgan fingerprint density at radius 1 is 1.26 bits per heavy atom. The summed E-state index contributed by atoms with van der Waals surface area (Å²) in [5, 5.41) is 8.84. The predicted molar refractivity (Wildman–Crippen MR) is 74.3 cm³/mol. The molecule has 0 unspecified atom stereocenters. The Bertz CT molecular complexity index is 612. The standard InChI is InChI=1S/C15H16N4/c1-15(2,8-11-6-4-3-5-7-11)14-18-10-12(9-16)13(17)19-14/h3-7,10H,8H2,1-2H3,(H2,17,18,19). The maximum Gasteiger partial charge on any atom is 0.145 e. The molecule has 0 radical (unpaired) electrons. The van der Waals surface area contributed by atoms with Gasteiger partial charge in [0.2, 0.25) is 0 Å². The Kier molecular flexibility index (Phi) is 3.48. The van der Waals surface area contributed by atoms with Crippen molar-refractivity contribution in [2.45, 2.75) is 25.7 Å². The second-order valence-corrected chi connectivity index (χ2v) is 5.15. The molecule has 0 bridgehead atoms. The zero-order valence-electron chi connectivity index (χ0n) is 11.1. The van der Waals surface area contributed by atoms with Crippen molar-refractivity contribution >= 4 is 5.82 Å². The molecule has 0 atom stereocenters. The van der Waals surface area contributed by atoms with E-state index in [-0.39, 0.29) is 11.2 Å². The fraction of sp³-hybridized carbons (Fsp3) is 0.267. The maximum atomic E-state index is 8.84. The van der Waals surface area contributed by atoms with E-state index in [2.05, 4.69) is 35.9 Å². The maximum absolute atomic E-state index is 8.84. The highest BCUT2D eigenvalue weighted by Gasteiger charge is 2.25.